The molecule has 0 aliphatic heterocycles. The average Bonchev–Trinajstić information content (AvgIpc) is 2.73. The van der Waals surface area contributed by atoms with E-state index < -0.39 is 0 Å². The second-order valence-corrected chi connectivity index (χ2v) is 4.93. The third-order valence-electron chi connectivity index (χ3n) is 3.23. The van der Waals surface area contributed by atoms with Crippen molar-refractivity contribution in [2.75, 3.05) is 0 Å². The van der Waals surface area contributed by atoms with Crippen molar-refractivity contribution in [3.8, 4) is 11.8 Å². The number of amides is 1. The minimum Gasteiger partial charge on any atom is -0.446 e. The van der Waals surface area contributed by atoms with Crippen LogP contribution in [0.2, 0.25) is 0 Å². The number of rotatable bonds is 2. The van der Waals surface area contributed by atoms with E-state index in [4.69, 9.17) is 4.74 Å². The summed E-state index contributed by atoms with van der Waals surface area (Å²) in [4.78, 5) is 11.5. The van der Waals surface area contributed by atoms with Crippen molar-refractivity contribution in [1.82, 2.24) is 5.32 Å². The van der Waals surface area contributed by atoms with E-state index in [9.17, 15) is 4.79 Å². The fraction of sp³-hybridized carbons (Fsp3) is 0.769. The molecule has 0 aromatic heterocycles. The van der Waals surface area contributed by atoms with Gasteiger partial charge in [0.25, 0.3) is 0 Å². The van der Waals surface area contributed by atoms with Gasteiger partial charge in [-0.15, -0.1) is 11.8 Å². The summed E-state index contributed by atoms with van der Waals surface area (Å²) in [6.45, 7) is 3.87. The molecule has 0 spiro atoms. The number of ether oxygens (including phenoxy) is 1. The van der Waals surface area contributed by atoms with E-state index in [0.29, 0.717) is 11.8 Å². The Balaban J connectivity index is 1.79. The van der Waals surface area contributed by atoms with Crippen molar-refractivity contribution in [3.63, 3.8) is 0 Å². The Labute approximate surface area is 96.9 Å². The predicted molar refractivity (Wildman–Crippen MR) is 61.8 cm³/mol. The van der Waals surface area contributed by atoms with Gasteiger partial charge in [-0.25, -0.2) is 4.79 Å². The van der Waals surface area contributed by atoms with Crippen molar-refractivity contribution in [3.05, 3.63) is 0 Å². The number of alkyl carbamates (subject to hydrolysis) is 1. The van der Waals surface area contributed by atoms with Gasteiger partial charge in [0.2, 0.25) is 0 Å². The van der Waals surface area contributed by atoms with Crippen LogP contribution in [-0.4, -0.2) is 18.2 Å². The van der Waals surface area contributed by atoms with Crippen molar-refractivity contribution in [2.24, 2.45) is 11.8 Å². The highest BCUT2D eigenvalue weighted by atomic mass is 16.6. The Morgan fingerprint density at radius 2 is 1.81 bits per heavy atom. The number of carbonyl (C=O) groups is 1. The second-order valence-electron chi connectivity index (χ2n) is 4.93. The largest absolute Gasteiger partial charge is 0.446 e. The maximum atomic E-state index is 11.5. The van der Waals surface area contributed by atoms with E-state index in [0.717, 1.165) is 25.7 Å². The third-order valence-corrected chi connectivity index (χ3v) is 3.23. The van der Waals surface area contributed by atoms with Gasteiger partial charge in [0.05, 0.1) is 0 Å². The van der Waals surface area contributed by atoms with Gasteiger partial charge in [-0.1, -0.05) is 0 Å². The molecule has 2 unspecified atom stereocenters. The smallest absolute Gasteiger partial charge is 0.407 e. The maximum Gasteiger partial charge on any atom is 0.407 e. The van der Waals surface area contributed by atoms with Crippen LogP contribution < -0.4 is 5.32 Å². The minimum atomic E-state index is -0.271. The van der Waals surface area contributed by atoms with Crippen LogP contribution in [0.25, 0.3) is 0 Å². The molecule has 0 aromatic rings. The van der Waals surface area contributed by atoms with Gasteiger partial charge in [0.1, 0.15) is 6.10 Å². The topological polar surface area (TPSA) is 38.3 Å². The highest BCUT2D eigenvalue weighted by Gasteiger charge is 2.52. The number of fused-ring (bicyclic) bond motifs is 1. The summed E-state index contributed by atoms with van der Waals surface area (Å²) >= 11 is 0. The van der Waals surface area contributed by atoms with Gasteiger partial charge in [0.15, 0.2) is 0 Å². The second kappa shape index (κ2) is 4.78. The predicted octanol–water partition coefficient (Wildman–Crippen LogP) is 2.31. The van der Waals surface area contributed by atoms with Crippen LogP contribution in [0.15, 0.2) is 0 Å². The molecule has 0 aromatic carbocycles. The van der Waals surface area contributed by atoms with Gasteiger partial charge in [-0.05, 0) is 26.7 Å². The molecule has 0 saturated heterocycles. The van der Waals surface area contributed by atoms with Crippen molar-refractivity contribution >= 4 is 6.09 Å². The molecule has 1 saturated carbocycles. The summed E-state index contributed by atoms with van der Waals surface area (Å²) in [5.74, 6) is 7.41. The van der Waals surface area contributed by atoms with E-state index in [-0.39, 0.29) is 18.2 Å². The fourth-order valence-electron chi connectivity index (χ4n) is 2.39. The summed E-state index contributed by atoms with van der Waals surface area (Å²) in [7, 11) is 0. The normalized spacial score (nSPS) is 31.6. The molecular formula is C13H19NO2. The van der Waals surface area contributed by atoms with Gasteiger partial charge in [-0.3, -0.25) is 0 Å². The lowest BCUT2D eigenvalue weighted by atomic mass is 10.1. The van der Waals surface area contributed by atoms with Gasteiger partial charge in [0, 0.05) is 30.7 Å². The molecule has 16 heavy (non-hydrogen) atoms. The summed E-state index contributed by atoms with van der Waals surface area (Å²) in [5, 5.41) is 2.76. The molecule has 2 aliphatic rings. The summed E-state index contributed by atoms with van der Waals surface area (Å²) in [6.07, 6.45) is 3.93. The molecule has 1 fully saturated rings. The standard InChI is InChI=1S/C13H19NO2/c1-9(2)14-13(15)16-12-10-7-5-3-4-6-8-11(10)12/h9-12H,5-8H2,1-2H3,(H,14,15). The first-order valence-corrected chi connectivity index (χ1v) is 6.11. The van der Waals surface area contributed by atoms with Crippen LogP contribution in [-0.2, 0) is 4.74 Å². The molecule has 1 N–H and O–H groups in total. The zero-order chi connectivity index (χ0) is 11.5. The van der Waals surface area contributed by atoms with Crippen LogP contribution >= 0.6 is 0 Å². The zero-order valence-corrected chi connectivity index (χ0v) is 9.95. The lowest BCUT2D eigenvalue weighted by Gasteiger charge is -2.09. The molecule has 1 amide bonds. The monoisotopic (exact) mass is 221 g/mol. The molecule has 0 bridgehead atoms. The molecule has 2 rings (SSSR count). The van der Waals surface area contributed by atoms with Gasteiger partial charge in [-0.2, -0.15) is 0 Å². The number of nitrogens with one attached hydrogen (secondary N) is 1. The molecule has 3 nitrogen and oxygen atoms in total. The quantitative estimate of drug-likeness (QED) is 0.727. The highest BCUT2D eigenvalue weighted by Crippen LogP contribution is 2.48. The molecular weight excluding hydrogens is 202 g/mol. The molecule has 0 heterocycles. The van der Waals surface area contributed by atoms with Crippen molar-refractivity contribution < 1.29 is 9.53 Å². The zero-order valence-electron chi connectivity index (χ0n) is 9.95. The Morgan fingerprint density at radius 3 is 2.31 bits per heavy atom. The number of hydrogen-bond donors (Lipinski definition) is 1. The molecule has 2 aliphatic carbocycles. The Kier molecular flexibility index (Phi) is 3.38. The highest BCUT2D eigenvalue weighted by molar-refractivity contribution is 5.68. The number of carbonyl (C=O) groups excluding carboxylic acids is 1. The lowest BCUT2D eigenvalue weighted by Crippen LogP contribution is -2.31. The van der Waals surface area contributed by atoms with Gasteiger partial charge < -0.3 is 10.1 Å². The van der Waals surface area contributed by atoms with E-state index in [1.54, 1.807) is 0 Å². The summed E-state index contributed by atoms with van der Waals surface area (Å²) < 4.78 is 5.42. The number of hydrogen-bond acceptors (Lipinski definition) is 2. The first-order valence-electron chi connectivity index (χ1n) is 6.11. The van der Waals surface area contributed by atoms with E-state index in [1.807, 2.05) is 13.8 Å². The summed E-state index contributed by atoms with van der Waals surface area (Å²) in [5.41, 5.74) is 0. The van der Waals surface area contributed by atoms with Crippen LogP contribution in [0, 0.1) is 23.7 Å². The molecule has 0 radical (unpaired) electrons. The maximum absolute atomic E-state index is 11.5. The van der Waals surface area contributed by atoms with E-state index in [2.05, 4.69) is 17.2 Å². The van der Waals surface area contributed by atoms with Crippen LogP contribution in [0.4, 0.5) is 4.79 Å². The first kappa shape index (κ1) is 11.3. The average molecular weight is 221 g/mol. The Morgan fingerprint density at radius 1 is 1.25 bits per heavy atom. The van der Waals surface area contributed by atoms with Crippen molar-refractivity contribution in [2.45, 2.75) is 51.7 Å². The van der Waals surface area contributed by atoms with Crippen LogP contribution in [0.5, 0.6) is 0 Å². The molecule has 3 heteroatoms. The van der Waals surface area contributed by atoms with Crippen molar-refractivity contribution in [1.29, 1.82) is 0 Å². The van der Waals surface area contributed by atoms with Crippen LogP contribution in [0.3, 0.4) is 0 Å². The molecule has 2 atom stereocenters. The Hall–Kier alpha value is -1.17. The fourth-order valence-corrected chi connectivity index (χ4v) is 2.39. The van der Waals surface area contributed by atoms with E-state index in [1.165, 1.54) is 0 Å². The summed E-state index contributed by atoms with van der Waals surface area (Å²) in [6, 6.07) is 0.141. The third kappa shape index (κ3) is 2.69. The van der Waals surface area contributed by atoms with E-state index >= 15 is 0 Å². The van der Waals surface area contributed by atoms with Gasteiger partial charge >= 0.3 is 6.09 Å². The Bertz CT molecular complexity index is 309. The minimum absolute atomic E-state index is 0.139. The van der Waals surface area contributed by atoms with Crippen LogP contribution in [0.1, 0.15) is 39.5 Å². The lowest BCUT2D eigenvalue weighted by molar-refractivity contribution is 0.126. The SMILES string of the molecule is CC(C)NC(=O)OC1C2CCC#CCCC21. The first-order chi connectivity index (χ1) is 7.68. The molecule has 88 valence electrons.